The minimum atomic E-state index is -0.754. The second-order valence-corrected chi connectivity index (χ2v) is 15.7. The molecule has 0 unspecified atom stereocenters. The molecule has 14 atom stereocenters. The fraction of sp³-hybridized carbons (Fsp3) is 0.886. The third kappa shape index (κ3) is 5.07. The molecule has 6 fully saturated rings. The SMILES string of the molecule is CO[C@]1(OC(=O)CC[C@@H](C)[C@H]2CC[C@H]3[C@@H]4[C@H](OC=O)C[C@@H]5C[C@H](OC=O)CC[C@]5(C)[C@H]4C[C@H](OC=O)[C@]23C)C[C@H]2CC[C@@H]1C2. The minimum absolute atomic E-state index is 0.0214. The second-order valence-electron chi connectivity index (χ2n) is 15.7. The van der Waals surface area contributed by atoms with Gasteiger partial charge in [0.25, 0.3) is 19.4 Å². The first-order valence-corrected chi connectivity index (χ1v) is 17.2. The van der Waals surface area contributed by atoms with Crippen LogP contribution in [0.25, 0.3) is 0 Å². The predicted molar refractivity (Wildman–Crippen MR) is 158 cm³/mol. The molecule has 0 saturated heterocycles. The van der Waals surface area contributed by atoms with Crippen molar-refractivity contribution in [1.82, 2.24) is 0 Å². The number of methoxy groups -OCH3 is 1. The summed E-state index contributed by atoms with van der Waals surface area (Å²) in [6.07, 6.45) is 10.6. The van der Waals surface area contributed by atoms with Crippen LogP contribution in [-0.2, 0) is 42.9 Å². The van der Waals surface area contributed by atoms with Gasteiger partial charge in [0.2, 0.25) is 5.79 Å². The van der Waals surface area contributed by atoms with Crippen molar-refractivity contribution in [2.45, 2.75) is 128 Å². The number of hydrogen-bond donors (Lipinski definition) is 0. The van der Waals surface area contributed by atoms with Gasteiger partial charge < -0.3 is 23.7 Å². The van der Waals surface area contributed by atoms with Crippen LogP contribution in [0.5, 0.6) is 0 Å². The summed E-state index contributed by atoms with van der Waals surface area (Å²) in [5.41, 5.74) is -0.318. The molecule has 0 aromatic rings. The van der Waals surface area contributed by atoms with Crippen LogP contribution in [0.1, 0.15) is 104 Å². The average Bonchev–Trinajstić information content (AvgIpc) is 3.71. The molecule has 0 aromatic carbocycles. The van der Waals surface area contributed by atoms with Gasteiger partial charge in [0.1, 0.15) is 18.3 Å². The third-order valence-electron chi connectivity index (χ3n) is 14.3. The monoisotopic (exact) mass is 616 g/mol. The Morgan fingerprint density at radius 2 is 1.64 bits per heavy atom. The Morgan fingerprint density at radius 1 is 0.864 bits per heavy atom. The highest BCUT2D eigenvalue weighted by Crippen LogP contribution is 2.69. The third-order valence-corrected chi connectivity index (χ3v) is 14.3. The summed E-state index contributed by atoms with van der Waals surface area (Å²) in [5, 5.41) is 0. The van der Waals surface area contributed by atoms with Crippen molar-refractivity contribution in [2.75, 3.05) is 7.11 Å². The van der Waals surface area contributed by atoms with E-state index in [0.717, 1.165) is 64.2 Å². The van der Waals surface area contributed by atoms with Gasteiger partial charge in [-0.05, 0) is 112 Å². The Kier molecular flexibility index (Phi) is 8.83. The van der Waals surface area contributed by atoms with Crippen LogP contribution in [0.15, 0.2) is 0 Å². The summed E-state index contributed by atoms with van der Waals surface area (Å²) in [6, 6.07) is 0. The van der Waals surface area contributed by atoms with Gasteiger partial charge in [-0.15, -0.1) is 0 Å². The average molecular weight is 617 g/mol. The van der Waals surface area contributed by atoms with Crippen molar-refractivity contribution in [1.29, 1.82) is 0 Å². The van der Waals surface area contributed by atoms with Gasteiger partial charge in [0.15, 0.2) is 0 Å². The van der Waals surface area contributed by atoms with Crippen LogP contribution in [0, 0.1) is 58.2 Å². The zero-order chi connectivity index (χ0) is 31.3. The first-order valence-electron chi connectivity index (χ1n) is 17.2. The van der Waals surface area contributed by atoms with Gasteiger partial charge in [-0.1, -0.05) is 20.8 Å². The van der Waals surface area contributed by atoms with E-state index in [0.29, 0.717) is 44.1 Å². The Balaban J connectivity index is 1.19. The minimum Gasteiger partial charge on any atom is -0.465 e. The van der Waals surface area contributed by atoms with E-state index in [1.807, 2.05) is 0 Å². The number of esters is 1. The molecule has 246 valence electrons. The van der Waals surface area contributed by atoms with Gasteiger partial charge in [0, 0.05) is 37.2 Å². The molecule has 6 rings (SSSR count). The second kappa shape index (κ2) is 12.2. The molecule has 6 saturated carbocycles. The first-order chi connectivity index (χ1) is 21.1. The number of ether oxygens (including phenoxy) is 5. The van der Waals surface area contributed by atoms with Crippen molar-refractivity contribution >= 4 is 25.4 Å². The lowest BCUT2D eigenvalue weighted by molar-refractivity contribution is -0.242. The normalized spacial score (nSPS) is 47.8. The van der Waals surface area contributed by atoms with Crippen molar-refractivity contribution < 1.29 is 42.9 Å². The van der Waals surface area contributed by atoms with E-state index in [-0.39, 0.29) is 70.6 Å². The molecular weight excluding hydrogens is 564 g/mol. The quantitative estimate of drug-likeness (QED) is 0.119. The highest BCUT2D eigenvalue weighted by atomic mass is 16.7. The summed E-state index contributed by atoms with van der Waals surface area (Å²) >= 11 is 0. The van der Waals surface area contributed by atoms with Crippen LogP contribution in [0.3, 0.4) is 0 Å². The highest BCUT2D eigenvalue weighted by Gasteiger charge is 2.67. The van der Waals surface area contributed by atoms with Gasteiger partial charge in [-0.25, -0.2) is 0 Å². The van der Waals surface area contributed by atoms with Gasteiger partial charge in [-0.2, -0.15) is 0 Å². The fourth-order valence-electron chi connectivity index (χ4n) is 12.2. The standard InChI is InChI=1S/C35H52O9/c1-21(5-10-31(39)44-35(40-4)17-22-6-7-23(35)13-22)26-8-9-27-32-28(16-30(43-20-38)34(26,27)3)33(2)12-11-25(41-18-36)14-24(33)15-29(32)42-19-37/h18-30,32H,5-17H2,1-4H3/t21-,22+,23-,24+,25-,26-,27+,28+,29-,30+,32+,33+,34-,35+/m1/s1. The molecule has 9 nitrogen and oxygen atoms in total. The van der Waals surface area contributed by atoms with Gasteiger partial charge >= 0.3 is 5.97 Å². The Bertz CT molecular complexity index is 1100. The molecule has 2 bridgehead atoms. The lowest BCUT2D eigenvalue weighted by Gasteiger charge is -2.64. The number of carbonyl (C=O) groups is 4. The maximum Gasteiger partial charge on any atom is 0.308 e. The van der Waals surface area contributed by atoms with E-state index < -0.39 is 5.79 Å². The summed E-state index contributed by atoms with van der Waals surface area (Å²) in [4.78, 5) is 48.1. The molecule has 0 aromatic heterocycles. The largest absolute Gasteiger partial charge is 0.465 e. The zero-order valence-electron chi connectivity index (χ0n) is 26.9. The van der Waals surface area contributed by atoms with Crippen LogP contribution in [0.4, 0.5) is 0 Å². The van der Waals surface area contributed by atoms with E-state index >= 15 is 0 Å². The Morgan fingerprint density at radius 3 is 2.30 bits per heavy atom. The lowest BCUT2D eigenvalue weighted by Crippen LogP contribution is -2.63. The molecule has 0 heterocycles. The van der Waals surface area contributed by atoms with Crippen molar-refractivity contribution in [3.8, 4) is 0 Å². The maximum absolute atomic E-state index is 13.2. The van der Waals surface area contributed by atoms with Crippen molar-refractivity contribution in [3.05, 3.63) is 0 Å². The molecule has 6 aliphatic rings. The smallest absolute Gasteiger partial charge is 0.308 e. The predicted octanol–water partition coefficient (Wildman–Crippen LogP) is 5.61. The van der Waals surface area contributed by atoms with E-state index in [2.05, 4.69) is 20.8 Å². The molecule has 9 heteroatoms. The molecule has 6 aliphatic carbocycles. The van der Waals surface area contributed by atoms with Crippen molar-refractivity contribution in [2.24, 2.45) is 58.2 Å². The lowest BCUT2D eigenvalue weighted by atomic mass is 9.43. The number of hydrogen-bond acceptors (Lipinski definition) is 9. The molecule has 0 aliphatic heterocycles. The number of fused-ring (bicyclic) bond motifs is 7. The molecular formula is C35H52O9. The molecule has 0 N–H and O–H groups in total. The number of rotatable bonds is 12. The fourth-order valence-corrected chi connectivity index (χ4v) is 12.2. The molecule has 44 heavy (non-hydrogen) atoms. The van der Waals surface area contributed by atoms with Crippen LogP contribution < -0.4 is 0 Å². The summed E-state index contributed by atoms with van der Waals surface area (Å²) < 4.78 is 29.2. The highest BCUT2D eigenvalue weighted by molar-refractivity contribution is 5.69. The molecule has 0 radical (unpaired) electrons. The van der Waals surface area contributed by atoms with Gasteiger partial charge in [0.05, 0.1) is 0 Å². The van der Waals surface area contributed by atoms with Crippen LogP contribution in [0.2, 0.25) is 0 Å². The zero-order valence-corrected chi connectivity index (χ0v) is 26.9. The van der Waals surface area contributed by atoms with Crippen molar-refractivity contribution in [3.63, 3.8) is 0 Å². The summed E-state index contributed by atoms with van der Waals surface area (Å²) in [6.45, 7) is 8.62. The number of carbonyl (C=O) groups excluding carboxylic acids is 4. The first kappa shape index (κ1) is 31.8. The van der Waals surface area contributed by atoms with Gasteiger partial charge in [-0.3, -0.25) is 19.2 Å². The van der Waals surface area contributed by atoms with Crippen LogP contribution >= 0.6 is 0 Å². The Hall–Kier alpha value is -2.16. The summed E-state index contributed by atoms with van der Waals surface area (Å²) in [7, 11) is 1.67. The summed E-state index contributed by atoms with van der Waals surface area (Å²) in [5.74, 6) is 1.30. The van der Waals surface area contributed by atoms with E-state index in [1.165, 1.54) is 6.42 Å². The van der Waals surface area contributed by atoms with E-state index in [4.69, 9.17) is 23.7 Å². The molecule has 0 amide bonds. The Labute approximate surface area is 261 Å². The van der Waals surface area contributed by atoms with Crippen LogP contribution in [-0.4, -0.2) is 56.6 Å². The topological polar surface area (TPSA) is 114 Å². The van der Waals surface area contributed by atoms with E-state index in [1.54, 1.807) is 7.11 Å². The van der Waals surface area contributed by atoms with E-state index in [9.17, 15) is 19.2 Å². The maximum atomic E-state index is 13.2. The molecule has 0 spiro atoms.